The molecule has 5 heteroatoms. The Balaban J connectivity index is 1.76. The van der Waals surface area contributed by atoms with Gasteiger partial charge in [0, 0.05) is 12.5 Å². The standard InChI is InChI=1S/C14H20BrN3O/c1-17(2)6-7-18-13(11(15)8-16-18)14(19)12-9-4-3-5-10(9)12/h8-10,12H,3-7H2,1-2H3. The molecule has 1 aromatic rings. The van der Waals surface area contributed by atoms with Gasteiger partial charge in [0.05, 0.1) is 17.2 Å². The quantitative estimate of drug-likeness (QED) is 0.780. The maximum atomic E-state index is 12.7. The van der Waals surface area contributed by atoms with Gasteiger partial charge in [-0.1, -0.05) is 6.42 Å². The molecule has 4 nitrogen and oxygen atoms in total. The van der Waals surface area contributed by atoms with Crippen LogP contribution < -0.4 is 0 Å². The van der Waals surface area contributed by atoms with Crippen LogP contribution in [0.4, 0.5) is 0 Å². The van der Waals surface area contributed by atoms with Gasteiger partial charge in [-0.2, -0.15) is 5.10 Å². The van der Waals surface area contributed by atoms with E-state index < -0.39 is 0 Å². The van der Waals surface area contributed by atoms with E-state index in [2.05, 4.69) is 25.9 Å². The number of Topliss-reactive ketones (excluding diaryl/α,β-unsaturated/α-hetero) is 1. The monoisotopic (exact) mass is 325 g/mol. The molecule has 1 heterocycles. The predicted molar refractivity (Wildman–Crippen MR) is 77.1 cm³/mol. The fraction of sp³-hybridized carbons (Fsp3) is 0.714. The Labute approximate surface area is 122 Å². The third-order valence-electron chi connectivity index (χ3n) is 4.50. The molecule has 0 aromatic carbocycles. The van der Waals surface area contributed by atoms with E-state index in [1.165, 1.54) is 19.3 Å². The van der Waals surface area contributed by atoms with Crippen molar-refractivity contribution in [2.45, 2.75) is 25.8 Å². The number of halogens is 1. The molecule has 0 spiro atoms. The molecule has 19 heavy (non-hydrogen) atoms. The fourth-order valence-corrected chi connectivity index (χ4v) is 3.93. The first kappa shape index (κ1) is 13.3. The summed E-state index contributed by atoms with van der Waals surface area (Å²) in [6.07, 6.45) is 5.54. The van der Waals surface area contributed by atoms with Crippen LogP contribution in [-0.2, 0) is 6.54 Å². The van der Waals surface area contributed by atoms with E-state index in [4.69, 9.17) is 0 Å². The Morgan fingerprint density at radius 3 is 2.79 bits per heavy atom. The molecular formula is C14H20BrN3O. The van der Waals surface area contributed by atoms with Gasteiger partial charge in [-0.15, -0.1) is 0 Å². The number of aromatic nitrogens is 2. The van der Waals surface area contributed by atoms with Gasteiger partial charge in [0.25, 0.3) is 0 Å². The van der Waals surface area contributed by atoms with E-state index in [1.54, 1.807) is 6.20 Å². The number of hydrogen-bond donors (Lipinski definition) is 0. The first-order valence-corrected chi connectivity index (χ1v) is 7.79. The Morgan fingerprint density at radius 1 is 1.47 bits per heavy atom. The number of rotatable bonds is 5. The lowest BCUT2D eigenvalue weighted by atomic mass is 10.1. The summed E-state index contributed by atoms with van der Waals surface area (Å²) in [4.78, 5) is 14.8. The molecule has 0 radical (unpaired) electrons. The van der Waals surface area contributed by atoms with E-state index in [9.17, 15) is 4.79 Å². The molecular weight excluding hydrogens is 306 g/mol. The zero-order valence-electron chi connectivity index (χ0n) is 11.5. The highest BCUT2D eigenvalue weighted by Crippen LogP contribution is 2.58. The van der Waals surface area contributed by atoms with Gasteiger partial charge in [-0.3, -0.25) is 9.48 Å². The second-order valence-electron chi connectivity index (χ2n) is 6.02. The van der Waals surface area contributed by atoms with Crippen molar-refractivity contribution in [1.29, 1.82) is 0 Å². The molecule has 0 bridgehead atoms. The van der Waals surface area contributed by atoms with Crippen LogP contribution in [0.25, 0.3) is 0 Å². The van der Waals surface area contributed by atoms with Crippen molar-refractivity contribution in [3.05, 3.63) is 16.4 Å². The van der Waals surface area contributed by atoms with Gasteiger partial charge >= 0.3 is 0 Å². The number of nitrogens with zero attached hydrogens (tertiary/aromatic N) is 3. The van der Waals surface area contributed by atoms with Crippen molar-refractivity contribution < 1.29 is 4.79 Å². The molecule has 2 aliphatic carbocycles. The molecule has 0 saturated heterocycles. The third-order valence-corrected chi connectivity index (χ3v) is 5.08. The lowest BCUT2D eigenvalue weighted by Crippen LogP contribution is -2.22. The summed E-state index contributed by atoms with van der Waals surface area (Å²) in [5.74, 6) is 1.91. The fourth-order valence-electron chi connectivity index (χ4n) is 3.44. The first-order valence-electron chi connectivity index (χ1n) is 7.00. The number of hydrogen-bond acceptors (Lipinski definition) is 3. The summed E-state index contributed by atoms with van der Waals surface area (Å²) >= 11 is 3.48. The molecule has 0 aliphatic heterocycles. The Hall–Kier alpha value is -0.680. The zero-order valence-corrected chi connectivity index (χ0v) is 13.1. The zero-order chi connectivity index (χ0) is 13.6. The number of likely N-dealkylation sites (N-methyl/N-ethyl adjacent to an activating group) is 1. The van der Waals surface area contributed by atoms with Gasteiger partial charge in [0.1, 0.15) is 5.69 Å². The van der Waals surface area contributed by atoms with Crippen LogP contribution in [0.3, 0.4) is 0 Å². The molecule has 2 unspecified atom stereocenters. The van der Waals surface area contributed by atoms with E-state index in [0.717, 1.165) is 23.3 Å². The maximum absolute atomic E-state index is 12.7. The summed E-state index contributed by atoms with van der Waals surface area (Å²) in [5.41, 5.74) is 0.779. The topological polar surface area (TPSA) is 38.1 Å². The molecule has 2 saturated carbocycles. The smallest absolute Gasteiger partial charge is 0.185 e. The summed E-state index contributed by atoms with van der Waals surface area (Å²) < 4.78 is 2.71. The van der Waals surface area contributed by atoms with Crippen LogP contribution in [0.1, 0.15) is 29.8 Å². The molecule has 2 atom stereocenters. The van der Waals surface area contributed by atoms with Crippen LogP contribution in [0, 0.1) is 17.8 Å². The van der Waals surface area contributed by atoms with Gasteiger partial charge in [-0.25, -0.2) is 0 Å². The van der Waals surface area contributed by atoms with E-state index in [0.29, 0.717) is 17.6 Å². The van der Waals surface area contributed by atoms with Crippen molar-refractivity contribution in [1.82, 2.24) is 14.7 Å². The average molecular weight is 326 g/mol. The molecule has 0 N–H and O–H groups in total. The average Bonchev–Trinajstić information content (AvgIpc) is 2.73. The maximum Gasteiger partial charge on any atom is 0.185 e. The van der Waals surface area contributed by atoms with Crippen molar-refractivity contribution in [3.63, 3.8) is 0 Å². The van der Waals surface area contributed by atoms with E-state index in [1.807, 2.05) is 18.8 Å². The number of carbonyl (C=O) groups is 1. The summed E-state index contributed by atoms with van der Waals surface area (Å²) in [6, 6.07) is 0. The van der Waals surface area contributed by atoms with Crippen molar-refractivity contribution in [3.8, 4) is 0 Å². The molecule has 0 amide bonds. The molecule has 1 aromatic heterocycles. The van der Waals surface area contributed by atoms with Crippen LogP contribution in [0.2, 0.25) is 0 Å². The number of carbonyl (C=O) groups excluding carboxylic acids is 1. The van der Waals surface area contributed by atoms with Gasteiger partial charge < -0.3 is 4.90 Å². The molecule has 2 fully saturated rings. The van der Waals surface area contributed by atoms with E-state index in [-0.39, 0.29) is 5.92 Å². The largest absolute Gasteiger partial charge is 0.308 e. The predicted octanol–water partition coefficient (Wildman–Crippen LogP) is 2.44. The number of ketones is 1. The normalized spacial score (nSPS) is 28.7. The highest BCUT2D eigenvalue weighted by molar-refractivity contribution is 9.10. The van der Waals surface area contributed by atoms with Crippen molar-refractivity contribution >= 4 is 21.7 Å². The molecule has 104 valence electrons. The van der Waals surface area contributed by atoms with Gasteiger partial charge in [0.2, 0.25) is 0 Å². The van der Waals surface area contributed by atoms with Gasteiger partial charge in [-0.05, 0) is 54.7 Å². The minimum atomic E-state index is 0.278. The summed E-state index contributed by atoms with van der Waals surface area (Å²) in [7, 11) is 4.07. The second kappa shape index (κ2) is 5.02. The number of fused-ring (bicyclic) bond motifs is 1. The highest BCUT2D eigenvalue weighted by Gasteiger charge is 2.57. The summed E-state index contributed by atoms with van der Waals surface area (Å²) in [5, 5.41) is 4.34. The summed E-state index contributed by atoms with van der Waals surface area (Å²) in [6.45, 7) is 1.66. The Kier molecular flexibility index (Phi) is 3.52. The van der Waals surface area contributed by atoms with Crippen LogP contribution in [0.15, 0.2) is 10.7 Å². The second-order valence-corrected chi connectivity index (χ2v) is 6.87. The molecule has 2 aliphatic rings. The van der Waals surface area contributed by atoms with Crippen molar-refractivity contribution in [2.24, 2.45) is 17.8 Å². The van der Waals surface area contributed by atoms with E-state index >= 15 is 0 Å². The lowest BCUT2D eigenvalue weighted by molar-refractivity contribution is 0.0939. The molecule has 3 rings (SSSR count). The first-order chi connectivity index (χ1) is 9.09. The minimum absolute atomic E-state index is 0.278. The van der Waals surface area contributed by atoms with Gasteiger partial charge in [0.15, 0.2) is 5.78 Å². The van der Waals surface area contributed by atoms with Crippen LogP contribution in [0.5, 0.6) is 0 Å². The lowest BCUT2D eigenvalue weighted by Gasteiger charge is -2.12. The Bertz CT molecular complexity index is 487. The van der Waals surface area contributed by atoms with Crippen LogP contribution in [-0.4, -0.2) is 41.1 Å². The Morgan fingerprint density at radius 2 is 2.16 bits per heavy atom. The third kappa shape index (κ3) is 2.38. The minimum Gasteiger partial charge on any atom is -0.308 e. The van der Waals surface area contributed by atoms with Crippen molar-refractivity contribution in [2.75, 3.05) is 20.6 Å². The SMILES string of the molecule is CN(C)CCn1ncc(Br)c1C(=O)C1C2CCCC21. The van der Waals surface area contributed by atoms with Crippen LogP contribution >= 0.6 is 15.9 Å². The highest BCUT2D eigenvalue weighted by atomic mass is 79.9.